The number of nitrogens with zero attached hydrogens (tertiary/aromatic N) is 4. The fraction of sp³-hybridized carbons (Fsp3) is 0.538. The molecule has 0 aromatic carbocycles. The zero-order valence-electron chi connectivity index (χ0n) is 10.9. The van der Waals surface area contributed by atoms with E-state index >= 15 is 0 Å². The van der Waals surface area contributed by atoms with E-state index in [0.29, 0.717) is 6.04 Å². The van der Waals surface area contributed by atoms with Crippen molar-refractivity contribution in [3.05, 3.63) is 23.9 Å². The molecule has 0 unspecified atom stereocenters. The van der Waals surface area contributed by atoms with E-state index in [4.69, 9.17) is 0 Å². The maximum absolute atomic E-state index is 4.51. The summed E-state index contributed by atoms with van der Waals surface area (Å²) >= 11 is 0. The first-order valence-corrected chi connectivity index (χ1v) is 6.50. The zero-order valence-corrected chi connectivity index (χ0v) is 10.9. The van der Waals surface area contributed by atoms with Gasteiger partial charge in [0.2, 0.25) is 5.95 Å². The molecule has 2 aromatic heterocycles. The van der Waals surface area contributed by atoms with Gasteiger partial charge in [-0.05, 0) is 52.0 Å². The quantitative estimate of drug-likeness (QED) is 0.872. The molecule has 5 heteroatoms. The lowest BCUT2D eigenvalue weighted by Gasteiger charge is -2.28. The minimum Gasteiger partial charge on any atom is -0.350 e. The number of hydrogen-bond acceptors (Lipinski definition) is 4. The Morgan fingerprint density at radius 3 is 2.78 bits per heavy atom. The van der Waals surface area contributed by atoms with E-state index in [9.17, 15) is 0 Å². The first kappa shape index (κ1) is 11.5. The first-order chi connectivity index (χ1) is 8.72. The van der Waals surface area contributed by atoms with Crippen LogP contribution >= 0.6 is 0 Å². The molecule has 5 nitrogen and oxygen atoms in total. The Morgan fingerprint density at radius 2 is 2.06 bits per heavy atom. The predicted molar refractivity (Wildman–Crippen MR) is 71.9 cm³/mol. The molecule has 18 heavy (non-hydrogen) atoms. The molecule has 0 atom stereocenters. The number of fused-ring (bicyclic) bond motifs is 1. The van der Waals surface area contributed by atoms with Crippen LogP contribution in [0.3, 0.4) is 0 Å². The van der Waals surface area contributed by atoms with Crippen molar-refractivity contribution in [1.29, 1.82) is 0 Å². The summed E-state index contributed by atoms with van der Waals surface area (Å²) in [4.78, 5) is 6.87. The SMILES string of the molecule is Cc1cccc2nc(NC3CCN(C)CC3)nn12. The molecule has 0 saturated carbocycles. The Balaban J connectivity index is 1.77. The molecule has 1 saturated heterocycles. The van der Waals surface area contributed by atoms with E-state index in [1.807, 2.05) is 29.6 Å². The summed E-state index contributed by atoms with van der Waals surface area (Å²) in [7, 11) is 2.17. The molecule has 0 bridgehead atoms. The largest absolute Gasteiger partial charge is 0.350 e. The summed E-state index contributed by atoms with van der Waals surface area (Å²) < 4.78 is 1.89. The molecular weight excluding hydrogens is 226 g/mol. The molecule has 96 valence electrons. The van der Waals surface area contributed by atoms with Crippen LogP contribution in [0.15, 0.2) is 18.2 Å². The molecule has 1 aliphatic heterocycles. The molecule has 1 fully saturated rings. The minimum atomic E-state index is 0.499. The molecule has 0 spiro atoms. The van der Waals surface area contributed by atoms with Crippen LogP contribution in [-0.4, -0.2) is 45.7 Å². The van der Waals surface area contributed by atoms with Gasteiger partial charge in [-0.15, -0.1) is 5.10 Å². The fourth-order valence-electron chi connectivity index (χ4n) is 2.43. The third-order valence-corrected chi connectivity index (χ3v) is 3.60. The van der Waals surface area contributed by atoms with Crippen LogP contribution < -0.4 is 5.32 Å². The molecule has 0 radical (unpaired) electrons. The second-order valence-corrected chi connectivity index (χ2v) is 5.09. The highest BCUT2D eigenvalue weighted by atomic mass is 15.4. The summed E-state index contributed by atoms with van der Waals surface area (Å²) in [5.41, 5.74) is 2.02. The van der Waals surface area contributed by atoms with Crippen molar-refractivity contribution in [1.82, 2.24) is 19.5 Å². The van der Waals surface area contributed by atoms with Crippen molar-refractivity contribution in [3.8, 4) is 0 Å². The van der Waals surface area contributed by atoms with Crippen molar-refractivity contribution in [3.63, 3.8) is 0 Å². The Hall–Kier alpha value is -1.62. The van der Waals surface area contributed by atoms with Crippen LogP contribution in [0.2, 0.25) is 0 Å². The van der Waals surface area contributed by atoms with Gasteiger partial charge in [-0.3, -0.25) is 0 Å². The lowest BCUT2D eigenvalue weighted by Crippen LogP contribution is -2.36. The second-order valence-electron chi connectivity index (χ2n) is 5.09. The Kier molecular flexibility index (Phi) is 2.91. The summed E-state index contributed by atoms with van der Waals surface area (Å²) in [6, 6.07) is 6.54. The average molecular weight is 245 g/mol. The summed E-state index contributed by atoms with van der Waals surface area (Å²) in [6.07, 6.45) is 2.32. The molecule has 1 N–H and O–H groups in total. The minimum absolute atomic E-state index is 0.499. The molecule has 0 aliphatic carbocycles. The number of aryl methyl sites for hydroxylation is 1. The molecular formula is C13H19N5. The topological polar surface area (TPSA) is 45.5 Å². The van der Waals surface area contributed by atoms with Gasteiger partial charge in [0.1, 0.15) is 0 Å². The van der Waals surface area contributed by atoms with Gasteiger partial charge in [-0.1, -0.05) is 6.07 Å². The highest BCUT2D eigenvalue weighted by Gasteiger charge is 2.17. The smallest absolute Gasteiger partial charge is 0.243 e. The van der Waals surface area contributed by atoms with Crippen molar-refractivity contribution < 1.29 is 0 Å². The van der Waals surface area contributed by atoms with E-state index in [0.717, 1.165) is 43.2 Å². The number of aromatic nitrogens is 3. The van der Waals surface area contributed by atoms with Crippen LogP contribution in [0, 0.1) is 6.92 Å². The van der Waals surface area contributed by atoms with E-state index in [1.54, 1.807) is 0 Å². The lowest BCUT2D eigenvalue weighted by atomic mass is 10.1. The van der Waals surface area contributed by atoms with Gasteiger partial charge in [-0.2, -0.15) is 4.98 Å². The van der Waals surface area contributed by atoms with Crippen molar-refractivity contribution >= 4 is 11.6 Å². The summed E-state index contributed by atoms with van der Waals surface area (Å²) in [5, 5.41) is 7.95. The van der Waals surface area contributed by atoms with Gasteiger partial charge in [0, 0.05) is 11.7 Å². The third kappa shape index (κ3) is 2.18. The first-order valence-electron chi connectivity index (χ1n) is 6.50. The average Bonchev–Trinajstić information content (AvgIpc) is 2.76. The van der Waals surface area contributed by atoms with Crippen LogP contribution in [0.5, 0.6) is 0 Å². The van der Waals surface area contributed by atoms with Gasteiger partial charge in [0.15, 0.2) is 5.65 Å². The van der Waals surface area contributed by atoms with E-state index in [-0.39, 0.29) is 0 Å². The van der Waals surface area contributed by atoms with Crippen molar-refractivity contribution in [2.24, 2.45) is 0 Å². The van der Waals surface area contributed by atoms with E-state index in [2.05, 4.69) is 27.3 Å². The normalized spacial score (nSPS) is 18.3. The summed E-state index contributed by atoms with van der Waals surface area (Å²) in [6.45, 7) is 4.33. The van der Waals surface area contributed by atoms with Crippen molar-refractivity contribution in [2.45, 2.75) is 25.8 Å². The number of hydrogen-bond donors (Lipinski definition) is 1. The Labute approximate surface area is 107 Å². The molecule has 3 rings (SSSR count). The van der Waals surface area contributed by atoms with Gasteiger partial charge in [0.05, 0.1) is 0 Å². The monoisotopic (exact) mass is 245 g/mol. The number of piperidine rings is 1. The molecule has 0 amide bonds. The standard InChI is InChI=1S/C13H19N5/c1-10-4-3-5-12-15-13(16-18(10)12)14-11-6-8-17(2)9-7-11/h3-5,11H,6-9H2,1-2H3,(H,14,16). The van der Waals surface area contributed by atoms with Crippen LogP contribution in [-0.2, 0) is 0 Å². The number of anilines is 1. The number of nitrogens with one attached hydrogen (secondary N) is 1. The fourth-order valence-corrected chi connectivity index (χ4v) is 2.43. The maximum atomic E-state index is 4.51. The van der Waals surface area contributed by atoms with Gasteiger partial charge < -0.3 is 10.2 Å². The number of pyridine rings is 1. The van der Waals surface area contributed by atoms with Crippen LogP contribution in [0.4, 0.5) is 5.95 Å². The van der Waals surface area contributed by atoms with Crippen LogP contribution in [0.1, 0.15) is 18.5 Å². The molecule has 1 aliphatic rings. The lowest BCUT2D eigenvalue weighted by molar-refractivity contribution is 0.263. The van der Waals surface area contributed by atoms with Gasteiger partial charge >= 0.3 is 0 Å². The number of rotatable bonds is 2. The predicted octanol–water partition coefficient (Wildman–Crippen LogP) is 1.54. The van der Waals surface area contributed by atoms with Gasteiger partial charge in [-0.25, -0.2) is 4.52 Å². The highest BCUT2D eigenvalue weighted by molar-refractivity contribution is 5.44. The maximum Gasteiger partial charge on any atom is 0.243 e. The highest BCUT2D eigenvalue weighted by Crippen LogP contribution is 2.14. The van der Waals surface area contributed by atoms with Crippen molar-refractivity contribution in [2.75, 3.05) is 25.5 Å². The van der Waals surface area contributed by atoms with E-state index in [1.165, 1.54) is 0 Å². The number of likely N-dealkylation sites (tertiary alicyclic amines) is 1. The van der Waals surface area contributed by atoms with E-state index < -0.39 is 0 Å². The third-order valence-electron chi connectivity index (χ3n) is 3.60. The van der Waals surface area contributed by atoms with Crippen LogP contribution in [0.25, 0.3) is 5.65 Å². The molecule has 2 aromatic rings. The Morgan fingerprint density at radius 1 is 1.28 bits per heavy atom. The van der Waals surface area contributed by atoms with Gasteiger partial charge in [0.25, 0.3) is 0 Å². The zero-order chi connectivity index (χ0) is 12.5. The molecule has 3 heterocycles. The summed E-state index contributed by atoms with van der Waals surface area (Å²) in [5.74, 6) is 0.749. The Bertz CT molecular complexity index is 539. The second kappa shape index (κ2) is 4.57.